The first-order valence-electron chi connectivity index (χ1n) is 9.87. The summed E-state index contributed by atoms with van der Waals surface area (Å²) in [7, 11) is 0. The van der Waals surface area contributed by atoms with Crippen molar-refractivity contribution in [2.45, 2.75) is 70.8 Å². The lowest BCUT2D eigenvalue weighted by Crippen LogP contribution is -2.58. The van der Waals surface area contributed by atoms with E-state index in [1.54, 1.807) is 0 Å². The lowest BCUT2D eigenvalue weighted by molar-refractivity contribution is -0.164. The topological polar surface area (TPSA) is 74.6 Å². The quantitative estimate of drug-likeness (QED) is 0.806. The van der Waals surface area contributed by atoms with Crippen LogP contribution in [0.2, 0.25) is 0 Å². The van der Waals surface area contributed by atoms with Gasteiger partial charge in [0.15, 0.2) is 11.6 Å². The molecule has 138 valence electrons. The van der Waals surface area contributed by atoms with E-state index < -0.39 is 23.4 Å². The molecule has 5 unspecified atom stereocenters. The SMILES string of the molecule is CC12CCC(=O)C=C1CCC1C2CCC2(C)C1CC[C@@]2(O)C(=O)CO. The maximum Gasteiger partial charge on any atom is 0.190 e. The lowest BCUT2D eigenvalue weighted by Gasteiger charge is -2.58. The van der Waals surface area contributed by atoms with Gasteiger partial charge in [-0.3, -0.25) is 9.59 Å². The van der Waals surface area contributed by atoms with E-state index >= 15 is 0 Å². The Labute approximate surface area is 149 Å². The minimum absolute atomic E-state index is 0.111. The van der Waals surface area contributed by atoms with Crippen LogP contribution >= 0.6 is 0 Å². The van der Waals surface area contributed by atoms with Crippen LogP contribution in [0.25, 0.3) is 0 Å². The molecule has 0 aromatic rings. The molecule has 4 heteroatoms. The van der Waals surface area contributed by atoms with Crippen LogP contribution in [0.1, 0.15) is 65.2 Å². The van der Waals surface area contributed by atoms with Crippen LogP contribution in [0, 0.1) is 28.6 Å². The Hall–Kier alpha value is -1.00. The van der Waals surface area contributed by atoms with Gasteiger partial charge in [0.25, 0.3) is 0 Å². The van der Waals surface area contributed by atoms with Gasteiger partial charge in [-0.1, -0.05) is 19.4 Å². The average Bonchev–Trinajstić information content (AvgIpc) is 2.87. The van der Waals surface area contributed by atoms with Crippen molar-refractivity contribution in [3.8, 4) is 0 Å². The molecule has 2 N–H and O–H groups in total. The van der Waals surface area contributed by atoms with Crippen LogP contribution in [0.15, 0.2) is 11.6 Å². The number of aliphatic hydroxyl groups is 2. The zero-order chi connectivity index (χ0) is 18.0. The fourth-order valence-electron chi connectivity index (χ4n) is 7.16. The fraction of sp³-hybridized carbons (Fsp3) is 0.810. The Morgan fingerprint density at radius 3 is 2.56 bits per heavy atom. The van der Waals surface area contributed by atoms with Gasteiger partial charge in [0.1, 0.15) is 12.2 Å². The number of carbonyl (C=O) groups excluding carboxylic acids is 2. The normalized spacial score (nSPS) is 49.0. The smallest absolute Gasteiger partial charge is 0.190 e. The summed E-state index contributed by atoms with van der Waals surface area (Å²) in [6.45, 7) is 3.84. The van der Waals surface area contributed by atoms with Crippen molar-refractivity contribution in [3.63, 3.8) is 0 Å². The lowest BCUT2D eigenvalue weighted by atomic mass is 9.46. The molecule has 6 atom stereocenters. The van der Waals surface area contributed by atoms with Crippen LogP contribution in [0.5, 0.6) is 0 Å². The van der Waals surface area contributed by atoms with Crippen molar-refractivity contribution in [3.05, 3.63) is 11.6 Å². The van der Waals surface area contributed by atoms with Gasteiger partial charge in [-0.15, -0.1) is 0 Å². The molecule has 0 aliphatic heterocycles. The Morgan fingerprint density at radius 1 is 1.12 bits per heavy atom. The van der Waals surface area contributed by atoms with Gasteiger partial charge in [-0.05, 0) is 74.2 Å². The van der Waals surface area contributed by atoms with Crippen molar-refractivity contribution in [1.29, 1.82) is 0 Å². The molecule has 0 bridgehead atoms. The highest BCUT2D eigenvalue weighted by molar-refractivity contribution is 5.91. The molecule has 4 aliphatic carbocycles. The molecule has 0 spiro atoms. The average molecular weight is 346 g/mol. The van der Waals surface area contributed by atoms with E-state index in [0.29, 0.717) is 30.6 Å². The molecule has 0 saturated heterocycles. The van der Waals surface area contributed by atoms with E-state index in [0.717, 1.165) is 38.5 Å². The van der Waals surface area contributed by atoms with Crippen LogP contribution < -0.4 is 0 Å². The first-order chi connectivity index (χ1) is 11.8. The van der Waals surface area contributed by atoms with Crippen LogP contribution in [-0.4, -0.2) is 34.0 Å². The number of hydrogen-bond donors (Lipinski definition) is 2. The third kappa shape index (κ3) is 2.13. The van der Waals surface area contributed by atoms with Gasteiger partial charge in [-0.25, -0.2) is 0 Å². The van der Waals surface area contributed by atoms with Crippen LogP contribution in [0.4, 0.5) is 0 Å². The largest absolute Gasteiger partial charge is 0.388 e. The van der Waals surface area contributed by atoms with Crippen molar-refractivity contribution >= 4 is 11.6 Å². The van der Waals surface area contributed by atoms with Crippen LogP contribution in [-0.2, 0) is 9.59 Å². The van der Waals surface area contributed by atoms with Gasteiger partial charge in [0.2, 0.25) is 0 Å². The molecule has 0 aromatic heterocycles. The number of aliphatic hydroxyl groups excluding tert-OH is 1. The Morgan fingerprint density at radius 2 is 1.84 bits per heavy atom. The molecule has 0 amide bonds. The van der Waals surface area contributed by atoms with Crippen molar-refractivity contribution in [2.75, 3.05) is 6.61 Å². The van der Waals surface area contributed by atoms with Crippen LogP contribution in [0.3, 0.4) is 0 Å². The Bertz CT molecular complexity index is 652. The van der Waals surface area contributed by atoms with E-state index in [4.69, 9.17) is 0 Å². The maximum atomic E-state index is 12.3. The first kappa shape index (κ1) is 17.4. The summed E-state index contributed by atoms with van der Waals surface area (Å²) >= 11 is 0. The summed E-state index contributed by atoms with van der Waals surface area (Å²) in [5.74, 6) is 1.26. The third-order valence-corrected chi connectivity index (χ3v) is 8.72. The Kier molecular flexibility index (Phi) is 3.83. The molecule has 0 aromatic carbocycles. The molecule has 4 rings (SSSR count). The summed E-state index contributed by atoms with van der Waals surface area (Å²) in [5.41, 5.74) is -0.333. The molecule has 3 fully saturated rings. The highest BCUT2D eigenvalue weighted by Gasteiger charge is 2.65. The number of hydrogen-bond acceptors (Lipinski definition) is 4. The monoisotopic (exact) mass is 346 g/mol. The summed E-state index contributed by atoms with van der Waals surface area (Å²) in [6.07, 6.45) is 8.72. The van der Waals surface area contributed by atoms with E-state index in [2.05, 4.69) is 13.8 Å². The number of fused-ring (bicyclic) bond motifs is 5. The predicted octanol–water partition coefficient (Wildman–Crippen LogP) is 2.81. The standard InChI is InChI=1S/C21H30O4/c1-19-8-5-14(23)11-13(19)3-4-15-16(19)6-9-20(2)17(15)7-10-21(20,25)18(24)12-22/h11,15-17,22,25H,3-10,12H2,1-2H3/t15?,16?,17?,19?,20?,21-/m1/s1. The summed E-state index contributed by atoms with van der Waals surface area (Å²) < 4.78 is 0. The molecule has 4 aliphatic rings. The predicted molar refractivity (Wildman–Crippen MR) is 93.8 cm³/mol. The van der Waals surface area contributed by atoms with E-state index in [-0.39, 0.29) is 11.2 Å². The summed E-state index contributed by atoms with van der Waals surface area (Å²) in [6, 6.07) is 0. The van der Waals surface area contributed by atoms with E-state index in [1.165, 1.54) is 5.57 Å². The maximum absolute atomic E-state index is 12.3. The van der Waals surface area contributed by atoms with Crippen molar-refractivity contribution < 1.29 is 19.8 Å². The molecular weight excluding hydrogens is 316 g/mol. The minimum Gasteiger partial charge on any atom is -0.388 e. The summed E-state index contributed by atoms with van der Waals surface area (Å²) in [4.78, 5) is 24.2. The molecule has 0 heterocycles. The second-order valence-electron chi connectivity index (χ2n) is 9.41. The fourth-order valence-corrected chi connectivity index (χ4v) is 7.16. The molecule has 0 radical (unpaired) electrons. The van der Waals surface area contributed by atoms with E-state index in [1.807, 2.05) is 6.08 Å². The number of Topliss-reactive ketones (excluding diaryl/α,β-unsaturated/α-hetero) is 1. The van der Waals surface area contributed by atoms with Crippen molar-refractivity contribution in [1.82, 2.24) is 0 Å². The molecular formula is C21H30O4. The third-order valence-electron chi connectivity index (χ3n) is 8.72. The number of ketones is 2. The Balaban J connectivity index is 1.68. The number of rotatable bonds is 2. The molecule has 3 saturated carbocycles. The molecule has 25 heavy (non-hydrogen) atoms. The second-order valence-corrected chi connectivity index (χ2v) is 9.41. The zero-order valence-corrected chi connectivity index (χ0v) is 15.4. The number of carbonyl (C=O) groups is 2. The van der Waals surface area contributed by atoms with Crippen molar-refractivity contribution in [2.24, 2.45) is 28.6 Å². The second kappa shape index (κ2) is 5.50. The highest BCUT2D eigenvalue weighted by Crippen LogP contribution is 2.67. The zero-order valence-electron chi connectivity index (χ0n) is 15.4. The minimum atomic E-state index is -1.36. The van der Waals surface area contributed by atoms with Gasteiger partial charge >= 0.3 is 0 Å². The van der Waals surface area contributed by atoms with Gasteiger partial charge in [0, 0.05) is 11.8 Å². The number of allylic oxidation sites excluding steroid dienone is 1. The highest BCUT2D eigenvalue weighted by atomic mass is 16.3. The summed E-state index contributed by atoms with van der Waals surface area (Å²) in [5, 5.41) is 20.5. The van der Waals surface area contributed by atoms with Gasteiger partial charge < -0.3 is 10.2 Å². The van der Waals surface area contributed by atoms with Gasteiger partial charge in [0.05, 0.1) is 0 Å². The molecule has 4 nitrogen and oxygen atoms in total. The van der Waals surface area contributed by atoms with E-state index in [9.17, 15) is 19.8 Å². The van der Waals surface area contributed by atoms with Gasteiger partial charge in [-0.2, -0.15) is 0 Å². The first-order valence-corrected chi connectivity index (χ1v) is 9.87.